The smallest absolute Gasteiger partial charge is 0.335 e. The summed E-state index contributed by atoms with van der Waals surface area (Å²) in [5.41, 5.74) is 0.837. The van der Waals surface area contributed by atoms with Crippen molar-refractivity contribution >= 4 is 16.9 Å². The number of rotatable bonds is 1. The van der Waals surface area contributed by atoms with E-state index < -0.39 is 36.7 Å². The number of aromatic amines is 1. The van der Waals surface area contributed by atoms with E-state index in [1.807, 2.05) is 30.3 Å². The van der Waals surface area contributed by atoms with Gasteiger partial charge in [-0.3, -0.25) is 4.79 Å². The number of aliphatic carboxylic acids is 1. The van der Waals surface area contributed by atoms with Gasteiger partial charge in [0.25, 0.3) is 0 Å². The number of aliphatic hydroxyl groups is 4. The minimum absolute atomic E-state index is 0.0521. The fourth-order valence-electron chi connectivity index (χ4n) is 2.16. The van der Waals surface area contributed by atoms with Crippen LogP contribution in [-0.2, 0) is 9.53 Å². The predicted octanol–water partition coefficient (Wildman–Crippen LogP) is -1.60. The zero-order valence-electron chi connectivity index (χ0n) is 12.3. The Bertz CT molecular complexity index is 760. The number of ether oxygens (including phenoxy) is 1. The lowest BCUT2D eigenvalue weighted by Gasteiger charge is -2.36. The average molecular weight is 339 g/mol. The Morgan fingerprint density at radius 1 is 0.958 bits per heavy atom. The van der Waals surface area contributed by atoms with Gasteiger partial charge >= 0.3 is 5.97 Å². The van der Waals surface area contributed by atoms with Gasteiger partial charge in [0.2, 0.25) is 5.56 Å². The lowest BCUT2D eigenvalue weighted by molar-refractivity contribution is -0.279. The van der Waals surface area contributed by atoms with Gasteiger partial charge in [-0.2, -0.15) is 0 Å². The molecule has 1 aromatic carbocycles. The second-order valence-corrected chi connectivity index (χ2v) is 5.17. The number of benzene rings is 1. The number of pyridine rings is 1. The van der Waals surface area contributed by atoms with Crippen molar-refractivity contribution in [3.8, 4) is 0 Å². The maximum Gasteiger partial charge on any atom is 0.335 e. The first kappa shape index (κ1) is 18.0. The highest BCUT2D eigenvalue weighted by molar-refractivity contribution is 5.77. The summed E-state index contributed by atoms with van der Waals surface area (Å²) in [6.07, 6.45) is -8.72. The molecule has 0 radical (unpaired) electrons. The number of fused-ring (bicyclic) bond motifs is 1. The van der Waals surface area contributed by atoms with Crippen LogP contribution in [-0.4, -0.2) is 67.2 Å². The summed E-state index contributed by atoms with van der Waals surface area (Å²) in [7, 11) is 0. The Labute approximate surface area is 135 Å². The molecule has 5 atom stereocenters. The van der Waals surface area contributed by atoms with Gasteiger partial charge in [-0.1, -0.05) is 18.2 Å². The van der Waals surface area contributed by atoms with Crippen molar-refractivity contribution in [2.24, 2.45) is 0 Å². The molecule has 9 nitrogen and oxygen atoms in total. The Morgan fingerprint density at radius 3 is 2.29 bits per heavy atom. The van der Waals surface area contributed by atoms with Crippen LogP contribution in [0.25, 0.3) is 10.9 Å². The predicted molar refractivity (Wildman–Crippen MR) is 81.1 cm³/mol. The molecule has 1 saturated heterocycles. The fourth-order valence-corrected chi connectivity index (χ4v) is 2.16. The number of carbonyl (C=O) groups is 1. The molecule has 1 aromatic heterocycles. The van der Waals surface area contributed by atoms with Gasteiger partial charge in [0.15, 0.2) is 12.4 Å². The zero-order chi connectivity index (χ0) is 17.9. The summed E-state index contributed by atoms with van der Waals surface area (Å²) in [5, 5.41) is 45.4. The summed E-state index contributed by atoms with van der Waals surface area (Å²) in [6.45, 7) is 0. The summed E-state index contributed by atoms with van der Waals surface area (Å²) < 4.78 is 4.34. The number of hydrogen-bond donors (Lipinski definition) is 6. The summed E-state index contributed by atoms with van der Waals surface area (Å²) >= 11 is 0. The molecule has 0 unspecified atom stereocenters. The van der Waals surface area contributed by atoms with Crippen molar-refractivity contribution in [2.45, 2.75) is 30.7 Å². The fraction of sp³-hybridized carbons (Fsp3) is 0.333. The first-order chi connectivity index (χ1) is 11.3. The average Bonchev–Trinajstić information content (AvgIpc) is 2.56. The minimum atomic E-state index is -1.81. The highest BCUT2D eigenvalue weighted by Crippen LogP contribution is 2.19. The first-order valence-electron chi connectivity index (χ1n) is 7.00. The van der Waals surface area contributed by atoms with Crippen LogP contribution in [0.2, 0.25) is 0 Å². The topological polar surface area (TPSA) is 160 Å². The molecule has 24 heavy (non-hydrogen) atoms. The van der Waals surface area contributed by atoms with Crippen LogP contribution >= 0.6 is 0 Å². The molecule has 3 rings (SSSR count). The second kappa shape index (κ2) is 7.51. The molecular weight excluding hydrogens is 322 g/mol. The second-order valence-electron chi connectivity index (χ2n) is 5.17. The quantitative estimate of drug-likeness (QED) is 0.362. The summed E-state index contributed by atoms with van der Waals surface area (Å²) in [5.74, 6) is -1.52. The molecule has 1 aliphatic heterocycles. The van der Waals surface area contributed by atoms with Crippen molar-refractivity contribution < 1.29 is 35.1 Å². The summed E-state index contributed by atoms with van der Waals surface area (Å²) in [4.78, 5) is 23.9. The first-order valence-corrected chi connectivity index (χ1v) is 7.00. The van der Waals surface area contributed by atoms with Crippen LogP contribution in [0.15, 0.2) is 41.2 Å². The SMILES string of the molecule is O=C(O)[C@H]1O[C@@H](O)[C@H](O)[C@@H](O)[C@@H]1O.O=c1ccc2ccccc2[nH]1. The Morgan fingerprint density at radius 2 is 1.62 bits per heavy atom. The van der Waals surface area contributed by atoms with Crippen LogP contribution in [0, 0.1) is 0 Å². The van der Waals surface area contributed by atoms with Gasteiger partial charge in [0.05, 0.1) is 0 Å². The molecule has 2 heterocycles. The number of hydrogen-bond acceptors (Lipinski definition) is 7. The number of aliphatic hydroxyl groups excluding tert-OH is 4. The number of aromatic nitrogens is 1. The van der Waals surface area contributed by atoms with Gasteiger partial charge in [-0.25, -0.2) is 4.79 Å². The highest BCUT2D eigenvalue weighted by Gasteiger charge is 2.46. The number of para-hydroxylation sites is 1. The van der Waals surface area contributed by atoms with Crippen LogP contribution < -0.4 is 5.56 Å². The van der Waals surface area contributed by atoms with E-state index in [-0.39, 0.29) is 5.56 Å². The Balaban J connectivity index is 0.000000175. The molecular formula is C15H17NO8. The lowest BCUT2D eigenvalue weighted by atomic mass is 9.99. The number of carboxylic acid groups (broad SMARTS) is 1. The molecule has 0 saturated carbocycles. The Kier molecular flexibility index (Phi) is 5.65. The molecule has 6 N–H and O–H groups in total. The third-order valence-corrected chi connectivity index (χ3v) is 3.46. The van der Waals surface area contributed by atoms with Crippen LogP contribution in [0.1, 0.15) is 0 Å². The molecule has 9 heteroatoms. The van der Waals surface area contributed by atoms with E-state index in [1.165, 1.54) is 6.07 Å². The number of H-pyrrole nitrogens is 1. The van der Waals surface area contributed by atoms with Crippen molar-refractivity contribution in [2.75, 3.05) is 0 Å². The van der Waals surface area contributed by atoms with Crippen LogP contribution in [0.4, 0.5) is 0 Å². The standard InChI is InChI=1S/C9H7NO.C6H10O7/c11-9-6-5-7-3-1-2-4-8(7)10-9;7-1-2(8)4(5(10)11)13-6(12)3(1)9/h1-6H,(H,10,11);1-4,6-9,12H,(H,10,11)/t;1-,2-,3+,4-,6+/m.0/s1. The monoisotopic (exact) mass is 339 g/mol. The molecule has 2 aromatic rings. The zero-order valence-corrected chi connectivity index (χ0v) is 12.3. The maximum atomic E-state index is 10.8. The number of carboxylic acids is 1. The molecule has 0 spiro atoms. The molecule has 0 aliphatic carbocycles. The van der Waals surface area contributed by atoms with Gasteiger partial charge < -0.3 is 35.3 Å². The van der Waals surface area contributed by atoms with Gasteiger partial charge in [0, 0.05) is 11.6 Å². The Hall–Kier alpha value is -2.30. The summed E-state index contributed by atoms with van der Waals surface area (Å²) in [6, 6.07) is 11.0. The van der Waals surface area contributed by atoms with Gasteiger partial charge in [-0.05, 0) is 17.5 Å². The van der Waals surface area contributed by atoms with E-state index in [2.05, 4.69) is 9.72 Å². The normalized spacial score (nSPS) is 29.6. The third-order valence-electron chi connectivity index (χ3n) is 3.46. The number of nitrogens with one attached hydrogen (secondary N) is 1. The highest BCUT2D eigenvalue weighted by atomic mass is 16.6. The van der Waals surface area contributed by atoms with Crippen LogP contribution in [0.3, 0.4) is 0 Å². The van der Waals surface area contributed by atoms with E-state index in [9.17, 15) is 9.59 Å². The molecule has 130 valence electrons. The molecule has 0 bridgehead atoms. The van der Waals surface area contributed by atoms with Gasteiger partial charge in [0.1, 0.15) is 18.3 Å². The van der Waals surface area contributed by atoms with Crippen molar-refractivity contribution in [1.82, 2.24) is 4.98 Å². The van der Waals surface area contributed by atoms with Crippen LogP contribution in [0.5, 0.6) is 0 Å². The van der Waals surface area contributed by atoms with E-state index >= 15 is 0 Å². The van der Waals surface area contributed by atoms with Crippen molar-refractivity contribution in [3.05, 3.63) is 46.8 Å². The van der Waals surface area contributed by atoms with E-state index in [0.29, 0.717) is 0 Å². The van der Waals surface area contributed by atoms with Crippen molar-refractivity contribution in [3.63, 3.8) is 0 Å². The molecule has 1 fully saturated rings. The van der Waals surface area contributed by atoms with E-state index in [4.69, 9.17) is 25.5 Å². The maximum absolute atomic E-state index is 10.8. The van der Waals surface area contributed by atoms with E-state index in [0.717, 1.165) is 10.9 Å². The molecule has 0 amide bonds. The minimum Gasteiger partial charge on any atom is -0.479 e. The third kappa shape index (κ3) is 3.96. The van der Waals surface area contributed by atoms with E-state index in [1.54, 1.807) is 0 Å². The largest absolute Gasteiger partial charge is 0.479 e. The van der Waals surface area contributed by atoms with Gasteiger partial charge in [-0.15, -0.1) is 0 Å². The van der Waals surface area contributed by atoms with Crippen molar-refractivity contribution in [1.29, 1.82) is 0 Å². The lowest BCUT2D eigenvalue weighted by Crippen LogP contribution is -2.59. The molecule has 1 aliphatic rings.